The summed E-state index contributed by atoms with van der Waals surface area (Å²) in [4.78, 5) is 0. The lowest BCUT2D eigenvalue weighted by molar-refractivity contribution is 0.626. The van der Waals surface area contributed by atoms with Crippen molar-refractivity contribution < 1.29 is 4.39 Å². The van der Waals surface area contributed by atoms with Crippen molar-refractivity contribution in [3.8, 4) is 0 Å². The van der Waals surface area contributed by atoms with E-state index < -0.39 is 0 Å². The zero-order valence-electron chi connectivity index (χ0n) is 11.7. The van der Waals surface area contributed by atoms with Gasteiger partial charge in [-0.25, -0.2) is 4.39 Å². The molecule has 0 unspecified atom stereocenters. The molecule has 0 saturated carbocycles. The second-order valence-electron chi connectivity index (χ2n) is 3.69. The minimum absolute atomic E-state index is 0.201. The third-order valence-corrected chi connectivity index (χ3v) is 3.53. The summed E-state index contributed by atoms with van der Waals surface area (Å²) >= 11 is 6.55. The van der Waals surface area contributed by atoms with Crippen LogP contribution in [0.2, 0.25) is 0 Å². The van der Waals surface area contributed by atoms with Crippen LogP contribution in [-0.2, 0) is 0 Å². The fourth-order valence-electron chi connectivity index (χ4n) is 1.10. The first kappa shape index (κ1) is 18.3. The molecule has 0 spiro atoms. The Kier molecular flexibility index (Phi) is 9.80. The van der Waals surface area contributed by atoms with Gasteiger partial charge in [-0.15, -0.1) is 0 Å². The third-order valence-electron chi connectivity index (χ3n) is 2.14. The maximum Gasteiger partial charge on any atom is 0.124 e. The van der Waals surface area contributed by atoms with Gasteiger partial charge in [0, 0.05) is 8.95 Å². The van der Waals surface area contributed by atoms with E-state index in [0.717, 1.165) is 14.5 Å². The fraction of sp³-hybridized carbons (Fsp3) is 0.250. The Labute approximate surface area is 132 Å². The Morgan fingerprint density at radius 2 is 1.37 bits per heavy atom. The van der Waals surface area contributed by atoms with Crippen LogP contribution in [-0.4, -0.2) is 0 Å². The minimum Gasteiger partial charge on any atom is -0.207 e. The normalized spacial score (nSPS) is 8.79. The summed E-state index contributed by atoms with van der Waals surface area (Å²) in [6.07, 6.45) is 0. The monoisotopic (exact) mass is 388 g/mol. The van der Waals surface area contributed by atoms with E-state index in [-0.39, 0.29) is 5.82 Å². The van der Waals surface area contributed by atoms with Gasteiger partial charge in [-0.1, -0.05) is 69.5 Å². The van der Waals surface area contributed by atoms with Gasteiger partial charge < -0.3 is 0 Å². The Hall–Kier alpha value is -0.670. The molecule has 0 saturated heterocycles. The second-order valence-corrected chi connectivity index (χ2v) is 5.46. The molecule has 2 aromatic carbocycles. The largest absolute Gasteiger partial charge is 0.207 e. The molecule has 0 atom stereocenters. The van der Waals surface area contributed by atoms with Crippen LogP contribution in [0.3, 0.4) is 0 Å². The summed E-state index contributed by atoms with van der Waals surface area (Å²) < 4.78 is 14.3. The molecule has 0 aliphatic rings. The van der Waals surface area contributed by atoms with Crippen molar-refractivity contribution in [2.24, 2.45) is 0 Å². The summed E-state index contributed by atoms with van der Waals surface area (Å²) in [5.74, 6) is -0.201. The molecule has 0 amide bonds. The molecule has 0 aliphatic heterocycles. The van der Waals surface area contributed by atoms with Crippen LogP contribution >= 0.6 is 31.9 Å². The molecule has 0 aromatic heterocycles. The van der Waals surface area contributed by atoms with Crippen molar-refractivity contribution in [2.45, 2.75) is 27.7 Å². The first-order valence-corrected chi connectivity index (χ1v) is 7.71. The van der Waals surface area contributed by atoms with Crippen LogP contribution in [0, 0.1) is 19.7 Å². The van der Waals surface area contributed by atoms with Crippen LogP contribution in [0.15, 0.2) is 51.4 Å². The smallest absolute Gasteiger partial charge is 0.124 e. The molecule has 0 N–H and O–H groups in total. The number of hydrogen-bond donors (Lipinski definition) is 0. The number of hydrogen-bond acceptors (Lipinski definition) is 0. The molecule has 104 valence electrons. The Morgan fingerprint density at radius 3 is 1.74 bits per heavy atom. The molecule has 0 heterocycles. The van der Waals surface area contributed by atoms with Crippen LogP contribution in [0.25, 0.3) is 0 Å². The molecule has 0 aliphatic carbocycles. The summed E-state index contributed by atoms with van der Waals surface area (Å²) in [5.41, 5.74) is 2.35. The third kappa shape index (κ3) is 8.17. The SMILES string of the molecule is CC.Cc1ccc(Br)cc1.Cc1ccc(F)cc1Br. The molecule has 2 rings (SSSR count). The molecular weight excluding hydrogens is 371 g/mol. The van der Waals surface area contributed by atoms with E-state index in [1.165, 1.54) is 17.7 Å². The van der Waals surface area contributed by atoms with E-state index in [1.54, 1.807) is 6.07 Å². The summed E-state index contributed by atoms with van der Waals surface area (Å²) in [6.45, 7) is 8.00. The maximum atomic E-state index is 12.3. The summed E-state index contributed by atoms with van der Waals surface area (Å²) in [7, 11) is 0. The highest BCUT2D eigenvalue weighted by molar-refractivity contribution is 9.10. The van der Waals surface area contributed by atoms with Gasteiger partial charge in [0.1, 0.15) is 5.82 Å². The zero-order chi connectivity index (χ0) is 14.8. The zero-order valence-corrected chi connectivity index (χ0v) is 14.8. The van der Waals surface area contributed by atoms with Gasteiger partial charge in [0.15, 0.2) is 0 Å². The predicted octanol–water partition coefficient (Wildman–Crippen LogP) is 6.68. The van der Waals surface area contributed by atoms with Crippen LogP contribution in [0.5, 0.6) is 0 Å². The lowest BCUT2D eigenvalue weighted by atomic mass is 10.2. The molecule has 0 radical (unpaired) electrons. The standard InChI is InChI=1S/C7H6BrF.C7H7Br.C2H6/c1-5-2-3-6(9)4-7(5)8;1-6-2-4-7(8)5-3-6;1-2/h2-4H,1H3;2-5H,1H3;1-2H3. The fourth-order valence-corrected chi connectivity index (χ4v) is 1.72. The Bertz CT molecular complexity index is 458. The van der Waals surface area contributed by atoms with Crippen molar-refractivity contribution in [3.05, 3.63) is 68.4 Å². The van der Waals surface area contributed by atoms with Crippen LogP contribution in [0.1, 0.15) is 25.0 Å². The van der Waals surface area contributed by atoms with Crippen molar-refractivity contribution >= 4 is 31.9 Å². The van der Waals surface area contributed by atoms with E-state index in [2.05, 4.69) is 50.9 Å². The van der Waals surface area contributed by atoms with Crippen LogP contribution < -0.4 is 0 Å². The van der Waals surface area contributed by atoms with Crippen molar-refractivity contribution in [1.29, 1.82) is 0 Å². The van der Waals surface area contributed by atoms with E-state index >= 15 is 0 Å². The molecular formula is C16H19Br2F. The van der Waals surface area contributed by atoms with Gasteiger partial charge in [0.05, 0.1) is 0 Å². The van der Waals surface area contributed by atoms with E-state index in [1.807, 2.05) is 32.9 Å². The average Bonchev–Trinajstić information content (AvgIpc) is 2.41. The Balaban J connectivity index is 0.000000303. The topological polar surface area (TPSA) is 0 Å². The number of rotatable bonds is 0. The number of halogens is 3. The van der Waals surface area contributed by atoms with Gasteiger partial charge in [-0.2, -0.15) is 0 Å². The molecule has 0 nitrogen and oxygen atoms in total. The van der Waals surface area contributed by atoms with Crippen molar-refractivity contribution in [2.75, 3.05) is 0 Å². The summed E-state index contributed by atoms with van der Waals surface area (Å²) in [5, 5.41) is 0. The number of aryl methyl sites for hydroxylation is 2. The summed E-state index contributed by atoms with van der Waals surface area (Å²) in [6, 6.07) is 12.9. The molecule has 2 aromatic rings. The molecule has 0 bridgehead atoms. The number of benzene rings is 2. The highest BCUT2D eigenvalue weighted by Gasteiger charge is 1.93. The first-order chi connectivity index (χ1) is 8.99. The van der Waals surface area contributed by atoms with Gasteiger partial charge in [0.25, 0.3) is 0 Å². The predicted molar refractivity (Wildman–Crippen MR) is 89.1 cm³/mol. The van der Waals surface area contributed by atoms with E-state index in [4.69, 9.17) is 0 Å². The highest BCUT2D eigenvalue weighted by atomic mass is 79.9. The van der Waals surface area contributed by atoms with Gasteiger partial charge in [-0.3, -0.25) is 0 Å². The lowest BCUT2D eigenvalue weighted by Crippen LogP contribution is -1.76. The average molecular weight is 390 g/mol. The van der Waals surface area contributed by atoms with E-state index in [9.17, 15) is 4.39 Å². The van der Waals surface area contributed by atoms with Crippen LogP contribution in [0.4, 0.5) is 4.39 Å². The highest BCUT2D eigenvalue weighted by Crippen LogP contribution is 2.15. The minimum atomic E-state index is -0.201. The molecule has 19 heavy (non-hydrogen) atoms. The van der Waals surface area contributed by atoms with Gasteiger partial charge >= 0.3 is 0 Å². The second kappa shape index (κ2) is 10.2. The van der Waals surface area contributed by atoms with Crippen molar-refractivity contribution in [3.63, 3.8) is 0 Å². The lowest BCUT2D eigenvalue weighted by Gasteiger charge is -1.94. The molecule has 3 heteroatoms. The molecule has 0 fully saturated rings. The van der Waals surface area contributed by atoms with Crippen molar-refractivity contribution in [1.82, 2.24) is 0 Å². The van der Waals surface area contributed by atoms with Gasteiger partial charge in [0.2, 0.25) is 0 Å². The maximum absolute atomic E-state index is 12.3. The quantitative estimate of drug-likeness (QED) is 0.471. The van der Waals surface area contributed by atoms with Gasteiger partial charge in [-0.05, 0) is 43.7 Å². The first-order valence-electron chi connectivity index (χ1n) is 6.13. The van der Waals surface area contributed by atoms with E-state index in [0.29, 0.717) is 0 Å². The Morgan fingerprint density at radius 1 is 0.842 bits per heavy atom.